The van der Waals surface area contributed by atoms with E-state index in [0.29, 0.717) is 22.8 Å². The number of fused-ring (bicyclic) bond motifs is 5. The van der Waals surface area contributed by atoms with E-state index in [9.17, 15) is 0 Å². The first-order valence-electron chi connectivity index (χ1n) is 14.2. The maximum Gasteiger partial charge on any atom is 0.0940 e. The Hall–Kier alpha value is -0.850. The molecule has 0 heterocycles. The molecule has 0 bridgehead atoms. The third kappa shape index (κ3) is 5.08. The van der Waals surface area contributed by atoms with E-state index in [1.807, 2.05) is 0 Å². The molecule has 0 radical (unpaired) electrons. The Balaban J connectivity index is 0.000000709. The van der Waals surface area contributed by atoms with E-state index in [4.69, 9.17) is 16.7 Å². The number of rotatable bonds is 5. The quantitative estimate of drug-likeness (QED) is 0.435. The highest BCUT2D eigenvalue weighted by atomic mass is 14.8. The van der Waals surface area contributed by atoms with Gasteiger partial charge in [-0.3, -0.25) is 0 Å². The van der Waals surface area contributed by atoms with Crippen LogP contribution in [-0.4, -0.2) is 12.6 Å². The first kappa shape index (κ1) is 26.7. The molecule has 10 unspecified atom stereocenters. The van der Waals surface area contributed by atoms with E-state index in [1.165, 1.54) is 51.4 Å². The van der Waals surface area contributed by atoms with Crippen LogP contribution in [0.1, 0.15) is 105 Å². The summed E-state index contributed by atoms with van der Waals surface area (Å²) in [6.07, 6.45) is 14.2. The number of hydrogen-bond acceptors (Lipinski definition) is 3. The molecule has 0 aromatic heterocycles. The van der Waals surface area contributed by atoms with Crippen LogP contribution in [0.2, 0.25) is 0 Å². The number of hydrogen-bond donors (Lipinski definition) is 2. The highest BCUT2D eigenvalue weighted by molar-refractivity contribution is 5.16. The van der Waals surface area contributed by atoms with Crippen LogP contribution in [0.4, 0.5) is 0 Å². The molecular weight excluding hydrogens is 402 g/mol. The van der Waals surface area contributed by atoms with Crippen LogP contribution >= 0.6 is 0 Å². The van der Waals surface area contributed by atoms with Gasteiger partial charge in [0.15, 0.2) is 0 Å². The predicted octanol–water partition coefficient (Wildman–Crippen LogP) is 7.07. The summed E-state index contributed by atoms with van der Waals surface area (Å²) < 4.78 is 0. The number of nitriles is 1. The van der Waals surface area contributed by atoms with Gasteiger partial charge < -0.3 is 11.5 Å². The van der Waals surface area contributed by atoms with E-state index in [1.54, 1.807) is 0 Å². The zero-order chi connectivity index (χ0) is 24.4. The molecule has 0 saturated heterocycles. The molecule has 4 aliphatic carbocycles. The summed E-state index contributed by atoms with van der Waals surface area (Å²) in [5.74, 6) is 5.76. The SMILES string of the molecule is C=C(C#N)CCC(C)C1CCC2C3CC(N)C4CC(C)CCC4(C)C3CCC12C.CCCN. The summed E-state index contributed by atoms with van der Waals surface area (Å²) in [5, 5.41) is 9.08. The summed E-state index contributed by atoms with van der Waals surface area (Å²) >= 11 is 0. The van der Waals surface area contributed by atoms with Crippen molar-refractivity contribution in [1.82, 2.24) is 0 Å². The zero-order valence-corrected chi connectivity index (χ0v) is 22.4. The number of nitrogens with two attached hydrogens (primary N) is 2. The molecular formula is C30H53N3. The Morgan fingerprint density at radius 2 is 1.70 bits per heavy atom. The van der Waals surface area contributed by atoms with Crippen molar-refractivity contribution in [2.45, 2.75) is 111 Å². The third-order valence-electron chi connectivity index (χ3n) is 11.1. The Labute approximate surface area is 205 Å². The summed E-state index contributed by atoms with van der Waals surface area (Å²) in [6, 6.07) is 2.66. The summed E-state index contributed by atoms with van der Waals surface area (Å²) in [7, 11) is 0. The van der Waals surface area contributed by atoms with Gasteiger partial charge in [-0.1, -0.05) is 47.6 Å². The standard InChI is InChI=1S/C27H44N2.C3H9N/c1-17-10-12-27(5)23-11-13-26(4)21(19(3)7-6-18(2)16-28)8-9-22(26)20(23)15-25(29)24(27)14-17;1-2-3-4/h17,19-25H,2,6-15,29H2,1,3-5H3;2-4H2,1H3. The van der Waals surface area contributed by atoms with E-state index < -0.39 is 0 Å². The smallest absolute Gasteiger partial charge is 0.0940 e. The lowest BCUT2D eigenvalue weighted by molar-refractivity contribution is -0.127. The molecule has 0 aromatic carbocycles. The van der Waals surface area contributed by atoms with Gasteiger partial charge in [-0.25, -0.2) is 0 Å². The summed E-state index contributed by atoms with van der Waals surface area (Å²) in [5.41, 5.74) is 13.7. The third-order valence-corrected chi connectivity index (χ3v) is 11.1. The van der Waals surface area contributed by atoms with Crippen molar-refractivity contribution in [2.24, 2.45) is 63.7 Å². The molecule has 0 aliphatic heterocycles. The van der Waals surface area contributed by atoms with E-state index in [-0.39, 0.29) is 0 Å². The molecule has 4 rings (SSSR count). The molecule has 10 atom stereocenters. The molecule has 0 spiro atoms. The molecule has 188 valence electrons. The van der Waals surface area contributed by atoms with Gasteiger partial charge in [-0.2, -0.15) is 5.26 Å². The highest BCUT2D eigenvalue weighted by Crippen LogP contribution is 2.68. The molecule has 0 amide bonds. The Kier molecular flexibility index (Phi) is 8.77. The topological polar surface area (TPSA) is 75.8 Å². The summed E-state index contributed by atoms with van der Waals surface area (Å²) in [6.45, 7) is 16.9. The zero-order valence-electron chi connectivity index (χ0n) is 22.4. The van der Waals surface area contributed by atoms with Crippen LogP contribution in [0, 0.1) is 63.6 Å². The monoisotopic (exact) mass is 455 g/mol. The van der Waals surface area contributed by atoms with Crippen LogP contribution in [-0.2, 0) is 0 Å². The van der Waals surface area contributed by atoms with Gasteiger partial charge in [-0.15, -0.1) is 0 Å². The van der Waals surface area contributed by atoms with Gasteiger partial charge in [0.2, 0.25) is 0 Å². The van der Waals surface area contributed by atoms with Crippen LogP contribution in [0.15, 0.2) is 12.2 Å². The minimum Gasteiger partial charge on any atom is -0.330 e. The fourth-order valence-electron chi connectivity index (χ4n) is 9.24. The Morgan fingerprint density at radius 3 is 2.33 bits per heavy atom. The minimum absolute atomic E-state index is 0.418. The molecule has 33 heavy (non-hydrogen) atoms. The van der Waals surface area contributed by atoms with Crippen molar-refractivity contribution in [1.29, 1.82) is 5.26 Å². The average Bonchev–Trinajstić information content (AvgIpc) is 3.16. The van der Waals surface area contributed by atoms with Gasteiger partial charge in [0, 0.05) is 11.6 Å². The number of nitrogens with zero attached hydrogens (tertiary/aromatic N) is 1. The first-order valence-corrected chi connectivity index (χ1v) is 14.2. The van der Waals surface area contributed by atoms with E-state index >= 15 is 0 Å². The van der Waals surface area contributed by atoms with Gasteiger partial charge in [-0.05, 0) is 123 Å². The second-order valence-corrected chi connectivity index (χ2v) is 13.0. The lowest BCUT2D eigenvalue weighted by atomic mass is 9.43. The fourth-order valence-corrected chi connectivity index (χ4v) is 9.24. The molecule has 4 aliphatic rings. The summed E-state index contributed by atoms with van der Waals surface area (Å²) in [4.78, 5) is 0. The van der Waals surface area contributed by atoms with Gasteiger partial charge in [0.05, 0.1) is 6.07 Å². The molecule has 3 heteroatoms. The molecule has 0 aromatic rings. The van der Waals surface area contributed by atoms with Crippen LogP contribution < -0.4 is 11.5 Å². The minimum atomic E-state index is 0.418. The van der Waals surface area contributed by atoms with Crippen LogP contribution in [0.25, 0.3) is 0 Å². The van der Waals surface area contributed by atoms with Crippen LogP contribution in [0.3, 0.4) is 0 Å². The number of allylic oxidation sites excluding steroid dienone is 1. The maximum atomic E-state index is 9.08. The fraction of sp³-hybridized carbons (Fsp3) is 0.900. The molecule has 3 nitrogen and oxygen atoms in total. The first-order chi connectivity index (χ1) is 15.6. The Bertz CT molecular complexity index is 708. The predicted molar refractivity (Wildman–Crippen MR) is 140 cm³/mol. The largest absolute Gasteiger partial charge is 0.330 e. The van der Waals surface area contributed by atoms with Gasteiger partial charge in [0.1, 0.15) is 0 Å². The lowest BCUT2D eigenvalue weighted by Crippen LogP contribution is -2.59. The normalized spacial score (nSPS) is 44.8. The van der Waals surface area contributed by atoms with Gasteiger partial charge in [0.25, 0.3) is 0 Å². The van der Waals surface area contributed by atoms with Crippen molar-refractivity contribution < 1.29 is 0 Å². The second kappa shape index (κ2) is 10.8. The van der Waals surface area contributed by atoms with Crippen molar-refractivity contribution in [3.63, 3.8) is 0 Å². The van der Waals surface area contributed by atoms with E-state index in [0.717, 1.165) is 66.9 Å². The van der Waals surface area contributed by atoms with Crippen molar-refractivity contribution in [2.75, 3.05) is 6.54 Å². The van der Waals surface area contributed by atoms with E-state index in [2.05, 4.69) is 47.3 Å². The van der Waals surface area contributed by atoms with Crippen molar-refractivity contribution in [3.05, 3.63) is 12.2 Å². The van der Waals surface area contributed by atoms with Crippen LogP contribution in [0.5, 0.6) is 0 Å². The molecule has 4 fully saturated rings. The highest BCUT2D eigenvalue weighted by Gasteiger charge is 2.61. The van der Waals surface area contributed by atoms with Crippen molar-refractivity contribution in [3.8, 4) is 6.07 Å². The van der Waals surface area contributed by atoms with Crippen molar-refractivity contribution >= 4 is 0 Å². The lowest BCUT2D eigenvalue weighted by Gasteiger charge is -2.63. The maximum absolute atomic E-state index is 9.08. The second-order valence-electron chi connectivity index (χ2n) is 13.0. The average molecular weight is 456 g/mol. The molecule has 4 N–H and O–H groups in total. The Morgan fingerprint density at radius 1 is 1.06 bits per heavy atom. The van der Waals surface area contributed by atoms with Gasteiger partial charge >= 0.3 is 0 Å². The molecule has 4 saturated carbocycles.